The van der Waals surface area contributed by atoms with Gasteiger partial charge in [-0.3, -0.25) is 0 Å². The number of halogens is 3. The number of rotatable bonds is 7. The fourth-order valence-electron chi connectivity index (χ4n) is 2.30. The molecule has 1 atom stereocenters. The van der Waals surface area contributed by atoms with Gasteiger partial charge in [0.2, 0.25) is 0 Å². The van der Waals surface area contributed by atoms with Crippen molar-refractivity contribution in [2.75, 3.05) is 31.0 Å². The summed E-state index contributed by atoms with van der Waals surface area (Å²) in [7, 11) is 3.50. The molecule has 0 heterocycles. The van der Waals surface area contributed by atoms with Gasteiger partial charge in [-0.2, -0.15) is 24.9 Å². The molecule has 1 unspecified atom stereocenters. The minimum absolute atomic E-state index is 0.209. The number of nitrogens with one attached hydrogen (secondary N) is 1. The standard InChI is InChI=1S/C15H23F3N2S/c1-5-12(10-21-4)20(3)13-7-6-11(9-19-2)14(8-13)15(16,17)18/h6-8,12,19H,5,9-10H2,1-4H3. The molecule has 1 rings (SSSR count). The van der Waals surface area contributed by atoms with E-state index in [1.54, 1.807) is 30.9 Å². The van der Waals surface area contributed by atoms with Crippen molar-refractivity contribution < 1.29 is 13.2 Å². The second-order valence-electron chi connectivity index (χ2n) is 5.00. The summed E-state index contributed by atoms with van der Waals surface area (Å²) in [5.41, 5.74) is 0.336. The first-order valence-electron chi connectivity index (χ1n) is 6.91. The molecular weight excluding hydrogens is 297 g/mol. The molecular formula is C15H23F3N2S. The highest BCUT2D eigenvalue weighted by Gasteiger charge is 2.33. The highest BCUT2D eigenvalue weighted by Crippen LogP contribution is 2.35. The van der Waals surface area contributed by atoms with Gasteiger partial charge in [0.15, 0.2) is 0 Å². The van der Waals surface area contributed by atoms with Crippen LogP contribution in [0.5, 0.6) is 0 Å². The van der Waals surface area contributed by atoms with E-state index in [4.69, 9.17) is 0 Å². The molecule has 0 bridgehead atoms. The summed E-state index contributed by atoms with van der Waals surface area (Å²) < 4.78 is 39.6. The molecule has 1 N–H and O–H groups in total. The van der Waals surface area contributed by atoms with Crippen molar-refractivity contribution in [3.63, 3.8) is 0 Å². The third kappa shape index (κ3) is 4.81. The zero-order valence-corrected chi connectivity index (χ0v) is 13.7. The predicted octanol–water partition coefficient (Wildman–Crippen LogP) is 4.00. The molecule has 0 amide bonds. The summed E-state index contributed by atoms with van der Waals surface area (Å²) in [6.45, 7) is 2.26. The Morgan fingerprint density at radius 1 is 1.33 bits per heavy atom. The van der Waals surface area contributed by atoms with Gasteiger partial charge in [-0.25, -0.2) is 0 Å². The Labute approximate surface area is 129 Å². The number of hydrogen-bond donors (Lipinski definition) is 1. The quantitative estimate of drug-likeness (QED) is 0.817. The van der Waals surface area contributed by atoms with Crippen LogP contribution < -0.4 is 10.2 Å². The van der Waals surface area contributed by atoms with E-state index in [2.05, 4.69) is 12.2 Å². The normalized spacial score (nSPS) is 13.3. The molecule has 0 fully saturated rings. The minimum Gasteiger partial charge on any atom is -0.371 e. The Morgan fingerprint density at radius 2 is 2.00 bits per heavy atom. The highest BCUT2D eigenvalue weighted by molar-refractivity contribution is 7.98. The molecule has 0 aliphatic heterocycles. The summed E-state index contributed by atoms with van der Waals surface area (Å²) >= 11 is 1.70. The zero-order valence-electron chi connectivity index (χ0n) is 12.9. The van der Waals surface area contributed by atoms with Crippen LogP contribution >= 0.6 is 11.8 Å². The van der Waals surface area contributed by atoms with Crippen LogP contribution in [0, 0.1) is 0 Å². The van der Waals surface area contributed by atoms with E-state index >= 15 is 0 Å². The lowest BCUT2D eigenvalue weighted by Crippen LogP contribution is -2.33. The van der Waals surface area contributed by atoms with E-state index < -0.39 is 11.7 Å². The van der Waals surface area contributed by atoms with Crippen LogP contribution in [0.3, 0.4) is 0 Å². The third-order valence-electron chi connectivity index (χ3n) is 3.55. The SMILES string of the molecule is CCC(CSC)N(C)c1ccc(CNC)c(C(F)(F)F)c1. The molecule has 1 aromatic rings. The number of thioether (sulfide) groups is 1. The smallest absolute Gasteiger partial charge is 0.371 e. The van der Waals surface area contributed by atoms with E-state index in [0.29, 0.717) is 5.69 Å². The van der Waals surface area contributed by atoms with E-state index in [1.165, 1.54) is 6.07 Å². The van der Waals surface area contributed by atoms with Crippen LogP contribution in [-0.2, 0) is 12.7 Å². The van der Waals surface area contributed by atoms with E-state index in [1.807, 2.05) is 18.2 Å². The van der Waals surface area contributed by atoms with Gasteiger partial charge in [-0.15, -0.1) is 0 Å². The van der Waals surface area contributed by atoms with Crippen molar-refractivity contribution in [2.45, 2.75) is 32.1 Å². The van der Waals surface area contributed by atoms with Crippen molar-refractivity contribution >= 4 is 17.4 Å². The van der Waals surface area contributed by atoms with Gasteiger partial charge in [0.05, 0.1) is 5.56 Å². The summed E-state index contributed by atoms with van der Waals surface area (Å²) in [6.07, 6.45) is -1.42. The number of alkyl halides is 3. The van der Waals surface area contributed by atoms with Crippen LogP contribution in [0.25, 0.3) is 0 Å². The first-order valence-corrected chi connectivity index (χ1v) is 8.31. The Bertz CT molecular complexity index is 449. The molecule has 0 spiro atoms. The summed E-state index contributed by atoms with van der Waals surface area (Å²) in [5, 5.41) is 2.78. The third-order valence-corrected chi connectivity index (χ3v) is 4.27. The van der Waals surface area contributed by atoms with E-state index in [9.17, 15) is 13.2 Å². The van der Waals surface area contributed by atoms with Crippen LogP contribution in [0.2, 0.25) is 0 Å². The van der Waals surface area contributed by atoms with Gasteiger partial charge < -0.3 is 10.2 Å². The molecule has 6 heteroatoms. The maximum absolute atomic E-state index is 13.2. The van der Waals surface area contributed by atoms with Crippen molar-refractivity contribution in [3.05, 3.63) is 29.3 Å². The molecule has 21 heavy (non-hydrogen) atoms. The molecule has 0 saturated heterocycles. The van der Waals surface area contributed by atoms with Gasteiger partial charge in [0.25, 0.3) is 0 Å². The average Bonchev–Trinajstić information content (AvgIpc) is 2.43. The van der Waals surface area contributed by atoms with E-state index in [-0.39, 0.29) is 18.2 Å². The lowest BCUT2D eigenvalue weighted by Gasteiger charge is -2.30. The maximum atomic E-state index is 13.2. The Kier molecular flexibility index (Phi) is 6.87. The molecule has 1 aromatic carbocycles. The maximum Gasteiger partial charge on any atom is 0.416 e. The monoisotopic (exact) mass is 320 g/mol. The van der Waals surface area contributed by atoms with Gasteiger partial charge in [-0.05, 0) is 37.4 Å². The summed E-state index contributed by atoms with van der Waals surface area (Å²) in [6, 6.07) is 4.83. The molecule has 0 saturated carbocycles. The van der Waals surface area contributed by atoms with Gasteiger partial charge in [0, 0.05) is 31.1 Å². The number of benzene rings is 1. The van der Waals surface area contributed by atoms with Crippen molar-refractivity contribution in [1.29, 1.82) is 0 Å². The molecule has 0 aromatic heterocycles. The van der Waals surface area contributed by atoms with Gasteiger partial charge in [-0.1, -0.05) is 13.0 Å². The lowest BCUT2D eigenvalue weighted by molar-refractivity contribution is -0.138. The second kappa shape index (κ2) is 7.94. The Morgan fingerprint density at radius 3 is 2.48 bits per heavy atom. The van der Waals surface area contributed by atoms with Crippen LogP contribution in [0.1, 0.15) is 24.5 Å². The number of hydrogen-bond acceptors (Lipinski definition) is 3. The average molecular weight is 320 g/mol. The fraction of sp³-hybridized carbons (Fsp3) is 0.600. The number of nitrogens with zero attached hydrogens (tertiary/aromatic N) is 1. The molecule has 0 radical (unpaired) electrons. The second-order valence-corrected chi connectivity index (χ2v) is 5.91. The van der Waals surface area contributed by atoms with Crippen LogP contribution in [-0.4, -0.2) is 32.1 Å². The van der Waals surface area contributed by atoms with Crippen LogP contribution in [0.15, 0.2) is 18.2 Å². The lowest BCUT2D eigenvalue weighted by atomic mass is 10.0. The molecule has 120 valence electrons. The van der Waals surface area contributed by atoms with Crippen molar-refractivity contribution in [3.8, 4) is 0 Å². The molecule has 0 aliphatic carbocycles. The van der Waals surface area contributed by atoms with Crippen LogP contribution in [0.4, 0.5) is 18.9 Å². The predicted molar refractivity (Wildman–Crippen MR) is 85.1 cm³/mol. The van der Waals surface area contributed by atoms with Gasteiger partial charge >= 0.3 is 6.18 Å². The first kappa shape index (κ1) is 18.2. The Hall–Kier alpha value is -0.880. The van der Waals surface area contributed by atoms with E-state index in [0.717, 1.165) is 12.2 Å². The highest BCUT2D eigenvalue weighted by atomic mass is 32.2. The van der Waals surface area contributed by atoms with Crippen molar-refractivity contribution in [2.24, 2.45) is 0 Å². The fourth-order valence-corrected chi connectivity index (χ4v) is 3.14. The number of anilines is 1. The first-order chi connectivity index (χ1) is 9.85. The molecule has 0 aliphatic rings. The molecule has 2 nitrogen and oxygen atoms in total. The van der Waals surface area contributed by atoms with Gasteiger partial charge in [0.1, 0.15) is 0 Å². The summed E-state index contributed by atoms with van der Waals surface area (Å²) in [5.74, 6) is 0.895. The topological polar surface area (TPSA) is 15.3 Å². The largest absolute Gasteiger partial charge is 0.416 e. The zero-order chi connectivity index (χ0) is 16.0. The minimum atomic E-state index is -4.33. The Balaban J connectivity index is 3.15. The summed E-state index contributed by atoms with van der Waals surface area (Å²) in [4.78, 5) is 1.94. The van der Waals surface area contributed by atoms with Crippen molar-refractivity contribution in [1.82, 2.24) is 5.32 Å².